The molecular formula is C77H120F8N12O13. The third-order valence-corrected chi connectivity index (χ3v) is 24.7. The first-order valence-corrected chi connectivity index (χ1v) is 39.4. The van der Waals surface area contributed by atoms with Gasteiger partial charge in [0, 0.05) is 82.0 Å². The van der Waals surface area contributed by atoms with E-state index in [0.29, 0.717) is 49.7 Å². The number of hydrogen-bond donors (Lipinski definition) is 3. The molecule has 2 unspecified atom stereocenters. The zero-order chi connectivity index (χ0) is 82.1. The van der Waals surface area contributed by atoms with Gasteiger partial charge in [-0.2, -0.15) is 26.3 Å². The van der Waals surface area contributed by atoms with Crippen molar-refractivity contribution in [3.8, 4) is 0 Å². The quantitative estimate of drug-likeness (QED) is 0.115. The van der Waals surface area contributed by atoms with Crippen molar-refractivity contribution >= 4 is 70.9 Å². The van der Waals surface area contributed by atoms with Crippen molar-refractivity contribution in [2.24, 2.45) is 41.4 Å². The van der Waals surface area contributed by atoms with E-state index in [1.54, 1.807) is 41.5 Å². The van der Waals surface area contributed by atoms with E-state index >= 15 is 47.1 Å². The highest BCUT2D eigenvalue weighted by atomic mass is 19.4. The van der Waals surface area contributed by atoms with Gasteiger partial charge in [0.2, 0.25) is 70.9 Å². The Kier molecular flexibility index (Phi) is 31.1. The van der Waals surface area contributed by atoms with Crippen LogP contribution in [0.25, 0.3) is 0 Å². The third kappa shape index (κ3) is 21.4. The average Bonchev–Trinajstić information content (AvgIpc) is 1.73. The van der Waals surface area contributed by atoms with Gasteiger partial charge in [0.1, 0.15) is 72.1 Å². The van der Waals surface area contributed by atoms with Crippen LogP contribution in [0.15, 0.2) is 11.1 Å². The minimum Gasteiger partial charge on any atom is -0.377 e. The van der Waals surface area contributed by atoms with Crippen molar-refractivity contribution in [3.05, 3.63) is 11.1 Å². The molecule has 110 heavy (non-hydrogen) atoms. The first-order chi connectivity index (χ1) is 51.4. The topological polar surface area (TPSA) is 279 Å². The second-order valence-corrected chi connectivity index (χ2v) is 33.0. The lowest BCUT2D eigenvalue weighted by Gasteiger charge is -2.46. The first kappa shape index (κ1) is 90.0. The Hall–Kier alpha value is -7.22. The Morgan fingerprint density at radius 3 is 1.76 bits per heavy atom. The molecule has 0 aromatic carbocycles. The largest absolute Gasteiger partial charge is 0.397 e. The number of alkyl halides is 8. The minimum absolute atomic E-state index is 0.0109. The van der Waals surface area contributed by atoms with Crippen LogP contribution in [0, 0.1) is 41.4 Å². The van der Waals surface area contributed by atoms with Crippen LogP contribution >= 0.6 is 0 Å². The summed E-state index contributed by atoms with van der Waals surface area (Å²) >= 11 is 0. The van der Waals surface area contributed by atoms with Crippen LogP contribution < -0.4 is 16.0 Å². The molecule has 0 aromatic heterocycles. The third-order valence-electron chi connectivity index (χ3n) is 24.7. The van der Waals surface area contributed by atoms with Gasteiger partial charge >= 0.3 is 12.4 Å². The zero-order valence-electron chi connectivity index (χ0n) is 66.8. The summed E-state index contributed by atoms with van der Waals surface area (Å²) in [6.07, 6.45) is -16.7. The van der Waals surface area contributed by atoms with E-state index < -0.39 is 230 Å². The molecule has 4 saturated carbocycles. The first-order valence-electron chi connectivity index (χ1n) is 39.4. The number of nitrogens with one attached hydrogen (secondary N) is 3. The fourth-order valence-corrected chi connectivity index (χ4v) is 17.5. The van der Waals surface area contributed by atoms with Crippen LogP contribution in [0.3, 0.4) is 0 Å². The maximum absolute atomic E-state index is 15.6. The molecule has 0 radical (unpaired) electrons. The number of carbonyl (C=O) groups excluding carboxylic acids is 12. The van der Waals surface area contributed by atoms with Gasteiger partial charge in [-0.25, -0.2) is 8.78 Å². The summed E-state index contributed by atoms with van der Waals surface area (Å²) in [6.45, 7) is 11.8. The predicted octanol–water partition coefficient (Wildman–Crippen LogP) is 7.13. The average molecular weight is 1570 g/mol. The van der Waals surface area contributed by atoms with E-state index in [1.807, 2.05) is 13.8 Å². The van der Waals surface area contributed by atoms with E-state index in [0.717, 1.165) is 24.5 Å². The molecule has 0 aromatic rings. The van der Waals surface area contributed by atoms with Crippen LogP contribution in [0.4, 0.5) is 35.1 Å². The Morgan fingerprint density at radius 2 is 1.23 bits per heavy atom. The number of ether oxygens (including phenoxy) is 1. The molecule has 3 heterocycles. The number of likely N-dealkylation sites (N-methyl/N-ethyl adjacent to an activating group) is 7. The lowest BCUT2D eigenvalue weighted by Crippen LogP contribution is -2.68. The second kappa shape index (κ2) is 38.1. The molecule has 2 bridgehead atoms. The fraction of sp³-hybridized carbons (Fsp3) is 0.818. The molecular weight excluding hydrogens is 1450 g/mol. The predicted molar refractivity (Wildman–Crippen MR) is 390 cm³/mol. The molecule has 33 heteroatoms. The van der Waals surface area contributed by atoms with Gasteiger partial charge in [-0.15, -0.1) is 0 Å². The SMILES string of the molecule is CCO[C@@H]1C[C@H]2C(=O)NC3(CCC3)C(=O)N(C)[C@@H](C3CCCC3)C(=O)N(C)[C@H](C(=O)N(C)C)CC(=O)N(CC)[C@@H](CC(C)C)C(=O)N[C@@H]([C@@H](C)CC)C(=O)N(C)CC(=O)N(C)[C@H]3CC(C)=C(C)CN(C3=O)[C@@H](CC3CCC(C(F)(F)F)CC3)C(=O)N(C)CC(=O)N[C@@H](CCC3CC(F)C(C(F)(F)F)C(F)C3)C(=O)N2C1. The molecule has 3 N–H and O–H groups in total. The molecule has 3 aliphatic heterocycles. The Morgan fingerprint density at radius 1 is 0.618 bits per heavy atom. The smallest absolute Gasteiger partial charge is 0.377 e. The number of fused-ring (bicyclic) bond motifs is 3. The highest BCUT2D eigenvalue weighted by Crippen LogP contribution is 2.46. The van der Waals surface area contributed by atoms with Crippen LogP contribution in [-0.4, -0.2) is 288 Å². The van der Waals surface area contributed by atoms with Gasteiger partial charge < -0.3 is 64.8 Å². The highest BCUT2D eigenvalue weighted by molar-refractivity contribution is 6.01. The van der Waals surface area contributed by atoms with Crippen molar-refractivity contribution in [3.63, 3.8) is 0 Å². The van der Waals surface area contributed by atoms with Gasteiger partial charge in [0.25, 0.3) is 0 Å². The minimum atomic E-state index is -5.22. The summed E-state index contributed by atoms with van der Waals surface area (Å²) in [6, 6.07) is -11.4. The van der Waals surface area contributed by atoms with E-state index in [-0.39, 0.29) is 103 Å². The summed E-state index contributed by atoms with van der Waals surface area (Å²) in [5.41, 5.74) is -0.480. The highest BCUT2D eigenvalue weighted by Gasteiger charge is 2.56. The molecule has 12 atom stereocenters. The van der Waals surface area contributed by atoms with Gasteiger partial charge in [-0.3, -0.25) is 57.5 Å². The van der Waals surface area contributed by atoms with Crippen LogP contribution in [0.2, 0.25) is 0 Å². The van der Waals surface area contributed by atoms with E-state index in [2.05, 4.69) is 16.0 Å². The number of halogens is 8. The number of carbonyl (C=O) groups is 12. The molecule has 12 amide bonds. The number of nitrogens with zero attached hydrogens (tertiary/aromatic N) is 9. The summed E-state index contributed by atoms with van der Waals surface area (Å²) in [7, 11) is 9.56. The summed E-state index contributed by atoms with van der Waals surface area (Å²) in [5, 5.41) is 8.46. The van der Waals surface area contributed by atoms with Crippen molar-refractivity contribution in [1.29, 1.82) is 0 Å². The van der Waals surface area contributed by atoms with Crippen molar-refractivity contribution in [2.75, 3.05) is 88.7 Å². The van der Waals surface area contributed by atoms with E-state index in [9.17, 15) is 45.5 Å². The van der Waals surface area contributed by atoms with E-state index in [1.165, 1.54) is 68.9 Å². The second-order valence-electron chi connectivity index (χ2n) is 33.0. The fourth-order valence-electron chi connectivity index (χ4n) is 17.5. The Bertz CT molecular complexity index is 3330. The molecule has 622 valence electrons. The van der Waals surface area contributed by atoms with Crippen molar-refractivity contribution in [1.82, 2.24) is 60.0 Å². The Balaban J connectivity index is 1.34. The maximum atomic E-state index is 15.6. The van der Waals surface area contributed by atoms with Gasteiger partial charge in [0.05, 0.1) is 31.5 Å². The van der Waals surface area contributed by atoms with Gasteiger partial charge in [-0.05, 0) is 160 Å². The number of rotatable bonds is 14. The van der Waals surface area contributed by atoms with Crippen molar-refractivity contribution < 1.29 is 97.4 Å². The number of hydrogen-bond acceptors (Lipinski definition) is 13. The van der Waals surface area contributed by atoms with E-state index in [4.69, 9.17) is 4.74 Å². The molecule has 25 nitrogen and oxygen atoms in total. The van der Waals surface area contributed by atoms with Crippen LogP contribution in [0.5, 0.6) is 0 Å². The number of amides is 12. The van der Waals surface area contributed by atoms with Crippen molar-refractivity contribution in [2.45, 2.75) is 275 Å². The van der Waals surface area contributed by atoms with Crippen LogP contribution in [-0.2, 0) is 62.3 Å². The lowest BCUT2D eigenvalue weighted by molar-refractivity contribution is -0.219. The monoisotopic (exact) mass is 1570 g/mol. The molecule has 7 aliphatic rings. The zero-order valence-corrected chi connectivity index (χ0v) is 66.8. The molecule has 6 fully saturated rings. The molecule has 1 spiro atoms. The maximum Gasteiger partial charge on any atom is 0.397 e. The van der Waals surface area contributed by atoms with Gasteiger partial charge in [0.15, 0.2) is 0 Å². The lowest BCUT2D eigenvalue weighted by atomic mass is 9.74. The standard InChI is InChI=1S/C77H120F8N12O13/c1-16-44(6)64-72(107)91(12)42-62(100)92(13)57-33-45(7)46(8)39-96(71(57)106)59(36-47-24-27-50(28-25-47)76(80,81)82)70(105)90(11)41-60(98)86-54(29-26-48-34-52(78)63(53(79)35-48)77(83,84)85)68(103)97-40-51(110-18-3)37-56(97)67(102)88-75(30-21-31-75)74(109)94(15)65(49-22-19-20-23-49)73(108)93(14)58(69(104)89(9)10)38-61(99)95(17-2)55(32-43(4)5)66(101)87-64/h43-44,47-59,63-65H,16-42H2,1-15H3,(H,86,98)(H,87,101)(H,88,102)/t44-,47?,48?,50?,51+,52?,53?,54-,55-,56-,57-,58-,59-,63?,64-,65-/m0/s1. The molecule has 7 rings (SSSR count). The Labute approximate surface area is 642 Å². The van der Waals surface area contributed by atoms with Crippen LogP contribution in [0.1, 0.15) is 190 Å². The normalized spacial score (nSPS) is 31.4. The molecule has 2 saturated heterocycles. The van der Waals surface area contributed by atoms with Gasteiger partial charge in [-0.1, -0.05) is 58.1 Å². The summed E-state index contributed by atoms with van der Waals surface area (Å²) in [4.78, 5) is 193. The summed E-state index contributed by atoms with van der Waals surface area (Å²) < 4.78 is 122. The summed E-state index contributed by atoms with van der Waals surface area (Å²) in [5.74, 6) is -17.0. The molecule has 4 aliphatic carbocycles.